The summed E-state index contributed by atoms with van der Waals surface area (Å²) in [6, 6.07) is -0.457. The predicted molar refractivity (Wildman–Crippen MR) is 67.1 cm³/mol. The van der Waals surface area contributed by atoms with Gasteiger partial charge < -0.3 is 10.2 Å². The van der Waals surface area contributed by atoms with Crippen molar-refractivity contribution in [1.82, 2.24) is 15.5 Å². The van der Waals surface area contributed by atoms with Crippen LogP contribution in [0.15, 0.2) is 0 Å². The van der Waals surface area contributed by atoms with Crippen molar-refractivity contribution in [2.24, 2.45) is 5.92 Å². The monoisotopic (exact) mass is 261 g/mol. The number of rotatable bonds is 3. The molecule has 1 rings (SSSR count). The van der Waals surface area contributed by atoms with Crippen LogP contribution >= 0.6 is 11.6 Å². The van der Waals surface area contributed by atoms with E-state index in [-0.39, 0.29) is 0 Å². The Bertz CT molecular complexity index is 276. The maximum absolute atomic E-state index is 11.4. The summed E-state index contributed by atoms with van der Waals surface area (Å²) in [5.74, 6) is 0.0352. The summed E-state index contributed by atoms with van der Waals surface area (Å²) in [5, 5.41) is 4.21. The number of piperidine rings is 1. The van der Waals surface area contributed by atoms with Crippen LogP contribution in [0.4, 0.5) is 4.79 Å². The van der Waals surface area contributed by atoms with E-state index >= 15 is 0 Å². The second-order valence-electron chi connectivity index (χ2n) is 4.56. The van der Waals surface area contributed by atoms with Gasteiger partial charge in [0.1, 0.15) is 5.38 Å². The molecule has 98 valence electrons. The number of nitrogens with zero attached hydrogens (tertiary/aromatic N) is 1. The first-order valence-corrected chi connectivity index (χ1v) is 6.34. The molecule has 3 amide bonds. The van der Waals surface area contributed by atoms with Crippen molar-refractivity contribution in [3.63, 3.8) is 0 Å². The van der Waals surface area contributed by atoms with E-state index in [4.69, 9.17) is 11.6 Å². The van der Waals surface area contributed by atoms with Gasteiger partial charge in [0.05, 0.1) is 0 Å². The smallest absolute Gasteiger partial charge is 0.321 e. The van der Waals surface area contributed by atoms with Crippen LogP contribution in [-0.4, -0.2) is 48.9 Å². The van der Waals surface area contributed by atoms with Crippen LogP contribution in [0, 0.1) is 5.92 Å². The van der Waals surface area contributed by atoms with Gasteiger partial charge in [0, 0.05) is 6.54 Å². The molecule has 2 N–H and O–H groups in total. The number of carbonyl (C=O) groups is 2. The van der Waals surface area contributed by atoms with Gasteiger partial charge in [-0.3, -0.25) is 10.1 Å². The minimum Gasteiger partial charge on any atom is -0.338 e. The first-order chi connectivity index (χ1) is 7.99. The number of alkyl halides is 1. The topological polar surface area (TPSA) is 61.4 Å². The summed E-state index contributed by atoms with van der Waals surface area (Å²) in [6.07, 6.45) is 2.16. The lowest BCUT2D eigenvalue weighted by Crippen LogP contribution is -2.45. The second-order valence-corrected chi connectivity index (χ2v) is 5.22. The minimum absolute atomic E-state index is 0.457. The molecule has 17 heavy (non-hydrogen) atoms. The van der Waals surface area contributed by atoms with E-state index in [1.807, 2.05) is 0 Å². The molecule has 1 heterocycles. The van der Waals surface area contributed by atoms with E-state index in [9.17, 15) is 9.59 Å². The van der Waals surface area contributed by atoms with Gasteiger partial charge in [-0.05, 0) is 45.8 Å². The summed E-state index contributed by atoms with van der Waals surface area (Å²) >= 11 is 5.54. The molecule has 1 unspecified atom stereocenters. The Morgan fingerprint density at radius 3 is 2.53 bits per heavy atom. The molecule has 5 nitrogen and oxygen atoms in total. The molecule has 1 atom stereocenters. The van der Waals surface area contributed by atoms with E-state index in [0.29, 0.717) is 12.5 Å². The Labute approximate surface area is 107 Å². The quantitative estimate of drug-likeness (QED) is 0.738. The molecule has 0 spiro atoms. The summed E-state index contributed by atoms with van der Waals surface area (Å²) < 4.78 is 0. The number of imide groups is 1. The van der Waals surface area contributed by atoms with E-state index in [2.05, 4.69) is 22.6 Å². The minimum atomic E-state index is -0.691. The molecule has 0 radical (unpaired) electrons. The van der Waals surface area contributed by atoms with Crippen LogP contribution < -0.4 is 10.6 Å². The number of likely N-dealkylation sites (tertiary alicyclic amines) is 1. The number of carbonyl (C=O) groups excluding carboxylic acids is 2. The van der Waals surface area contributed by atoms with Crippen LogP contribution in [0.5, 0.6) is 0 Å². The SMILES string of the molecule is CC(Cl)C(=O)NC(=O)NCC1CCN(C)CC1. The van der Waals surface area contributed by atoms with Crippen LogP contribution in [0.1, 0.15) is 19.8 Å². The summed E-state index contributed by atoms with van der Waals surface area (Å²) in [5.41, 5.74) is 0. The Balaban J connectivity index is 2.17. The van der Waals surface area contributed by atoms with Crippen molar-refractivity contribution in [3.05, 3.63) is 0 Å². The van der Waals surface area contributed by atoms with Gasteiger partial charge in [-0.15, -0.1) is 11.6 Å². The zero-order valence-electron chi connectivity index (χ0n) is 10.3. The summed E-state index contributed by atoms with van der Waals surface area (Å²) in [7, 11) is 2.09. The molecule has 1 aliphatic heterocycles. The molecule has 0 aromatic heterocycles. The molecule has 1 aliphatic rings. The van der Waals surface area contributed by atoms with Crippen molar-refractivity contribution in [1.29, 1.82) is 0 Å². The lowest BCUT2D eigenvalue weighted by Gasteiger charge is -2.28. The molecular formula is C11H20ClN3O2. The van der Waals surface area contributed by atoms with Crippen molar-refractivity contribution in [2.45, 2.75) is 25.1 Å². The third kappa shape index (κ3) is 5.37. The highest BCUT2D eigenvalue weighted by Crippen LogP contribution is 2.14. The number of hydrogen-bond acceptors (Lipinski definition) is 3. The summed E-state index contributed by atoms with van der Waals surface area (Å²) in [6.45, 7) is 4.27. The standard InChI is InChI=1S/C11H20ClN3O2/c1-8(12)10(16)14-11(17)13-7-9-3-5-15(2)6-4-9/h8-9H,3-7H2,1-2H3,(H2,13,14,16,17). The average Bonchev–Trinajstić information content (AvgIpc) is 2.28. The van der Waals surface area contributed by atoms with Crippen molar-refractivity contribution in [3.8, 4) is 0 Å². The number of hydrogen-bond donors (Lipinski definition) is 2. The fourth-order valence-electron chi connectivity index (χ4n) is 1.76. The molecule has 0 saturated carbocycles. The van der Waals surface area contributed by atoms with Gasteiger partial charge >= 0.3 is 6.03 Å². The van der Waals surface area contributed by atoms with Gasteiger partial charge in [-0.1, -0.05) is 0 Å². The molecule has 1 fully saturated rings. The highest BCUT2D eigenvalue weighted by molar-refractivity contribution is 6.31. The molecule has 6 heteroatoms. The van der Waals surface area contributed by atoms with Crippen LogP contribution in [0.25, 0.3) is 0 Å². The molecular weight excluding hydrogens is 242 g/mol. The molecule has 0 aromatic carbocycles. The first-order valence-electron chi connectivity index (χ1n) is 5.90. The van der Waals surface area contributed by atoms with E-state index in [1.54, 1.807) is 0 Å². The van der Waals surface area contributed by atoms with Gasteiger partial charge in [-0.25, -0.2) is 4.79 Å². The van der Waals surface area contributed by atoms with Gasteiger partial charge in [0.15, 0.2) is 0 Å². The maximum Gasteiger partial charge on any atom is 0.321 e. The largest absolute Gasteiger partial charge is 0.338 e. The van der Waals surface area contributed by atoms with Gasteiger partial charge in [0.2, 0.25) is 5.91 Å². The third-order valence-corrected chi connectivity index (χ3v) is 3.19. The van der Waals surface area contributed by atoms with Crippen LogP contribution in [0.2, 0.25) is 0 Å². The number of halogens is 1. The average molecular weight is 262 g/mol. The zero-order chi connectivity index (χ0) is 12.8. The molecule has 0 aliphatic carbocycles. The highest BCUT2D eigenvalue weighted by atomic mass is 35.5. The van der Waals surface area contributed by atoms with E-state index in [0.717, 1.165) is 25.9 Å². The van der Waals surface area contributed by atoms with Gasteiger partial charge in [0.25, 0.3) is 0 Å². The van der Waals surface area contributed by atoms with E-state index in [1.165, 1.54) is 6.92 Å². The van der Waals surface area contributed by atoms with Crippen molar-refractivity contribution < 1.29 is 9.59 Å². The molecule has 0 aromatic rings. The number of nitrogens with one attached hydrogen (secondary N) is 2. The Morgan fingerprint density at radius 1 is 1.41 bits per heavy atom. The van der Waals surface area contributed by atoms with Crippen molar-refractivity contribution >= 4 is 23.5 Å². The van der Waals surface area contributed by atoms with Crippen LogP contribution in [-0.2, 0) is 4.79 Å². The number of urea groups is 1. The Morgan fingerprint density at radius 2 is 2.00 bits per heavy atom. The van der Waals surface area contributed by atoms with Gasteiger partial charge in [-0.2, -0.15) is 0 Å². The lowest BCUT2D eigenvalue weighted by atomic mass is 9.97. The fraction of sp³-hybridized carbons (Fsp3) is 0.818. The second kappa shape index (κ2) is 6.81. The van der Waals surface area contributed by atoms with Crippen LogP contribution in [0.3, 0.4) is 0 Å². The Hall–Kier alpha value is -0.810. The number of amides is 3. The first kappa shape index (κ1) is 14.3. The van der Waals surface area contributed by atoms with E-state index < -0.39 is 17.3 Å². The third-order valence-electron chi connectivity index (χ3n) is 2.99. The molecule has 1 saturated heterocycles. The molecule has 0 bridgehead atoms. The normalized spacial score (nSPS) is 19.7. The zero-order valence-corrected chi connectivity index (χ0v) is 11.1. The summed E-state index contributed by atoms with van der Waals surface area (Å²) in [4.78, 5) is 24.8. The fourth-order valence-corrected chi connectivity index (χ4v) is 1.81. The maximum atomic E-state index is 11.4. The predicted octanol–water partition coefficient (Wildman–Crippen LogP) is 0.781. The van der Waals surface area contributed by atoms with Crippen molar-refractivity contribution in [2.75, 3.05) is 26.7 Å². The lowest BCUT2D eigenvalue weighted by molar-refractivity contribution is -0.119. The highest BCUT2D eigenvalue weighted by Gasteiger charge is 2.18. The Kier molecular flexibility index (Phi) is 5.71.